The lowest BCUT2D eigenvalue weighted by molar-refractivity contribution is 0.585. The molecular formula is C13H26N2. The number of rotatable bonds is 6. The van der Waals surface area contributed by atoms with Crippen molar-refractivity contribution in [3.8, 4) is 0 Å². The highest BCUT2D eigenvalue weighted by atomic mass is 14.8. The van der Waals surface area contributed by atoms with Crippen molar-refractivity contribution >= 4 is 5.71 Å². The first-order chi connectivity index (χ1) is 7.06. The van der Waals surface area contributed by atoms with Gasteiger partial charge in [0.1, 0.15) is 0 Å². The van der Waals surface area contributed by atoms with Crippen LogP contribution in [-0.4, -0.2) is 11.8 Å². The Labute approximate surface area is 94.7 Å². The molecule has 2 nitrogen and oxygen atoms in total. The molecule has 0 radical (unpaired) electrons. The summed E-state index contributed by atoms with van der Waals surface area (Å²) in [7, 11) is 0. The van der Waals surface area contributed by atoms with Gasteiger partial charge in [0.05, 0.1) is 0 Å². The molecule has 88 valence electrons. The molecule has 1 atom stereocenters. The van der Waals surface area contributed by atoms with Crippen LogP contribution in [0.2, 0.25) is 0 Å². The Balaban J connectivity index is 4.80. The van der Waals surface area contributed by atoms with Crippen molar-refractivity contribution < 1.29 is 0 Å². The SMILES string of the molecule is CCCC(CC)N=C(/C(C)=C\N)C(C)C. The van der Waals surface area contributed by atoms with E-state index < -0.39 is 0 Å². The summed E-state index contributed by atoms with van der Waals surface area (Å²) in [6.45, 7) is 10.8. The fourth-order valence-corrected chi connectivity index (χ4v) is 1.68. The molecule has 0 saturated heterocycles. The predicted octanol–water partition coefficient (Wildman–Crippen LogP) is 3.52. The van der Waals surface area contributed by atoms with Crippen LogP contribution < -0.4 is 5.73 Å². The van der Waals surface area contributed by atoms with E-state index >= 15 is 0 Å². The molecule has 1 unspecified atom stereocenters. The van der Waals surface area contributed by atoms with Gasteiger partial charge in [0.2, 0.25) is 0 Å². The third-order valence-electron chi connectivity index (χ3n) is 2.62. The highest BCUT2D eigenvalue weighted by Crippen LogP contribution is 2.13. The second kappa shape index (κ2) is 7.49. The zero-order valence-corrected chi connectivity index (χ0v) is 10.9. The molecule has 0 rings (SSSR count). The molecule has 0 heterocycles. The van der Waals surface area contributed by atoms with E-state index in [0.29, 0.717) is 12.0 Å². The van der Waals surface area contributed by atoms with Crippen molar-refractivity contribution in [2.75, 3.05) is 0 Å². The first-order valence-corrected chi connectivity index (χ1v) is 6.03. The molecule has 15 heavy (non-hydrogen) atoms. The van der Waals surface area contributed by atoms with Gasteiger partial charge in [-0.2, -0.15) is 0 Å². The van der Waals surface area contributed by atoms with Gasteiger partial charge in [0.15, 0.2) is 0 Å². The van der Waals surface area contributed by atoms with Gasteiger partial charge in [-0.3, -0.25) is 4.99 Å². The van der Waals surface area contributed by atoms with Gasteiger partial charge in [-0.05, 0) is 37.5 Å². The van der Waals surface area contributed by atoms with Crippen LogP contribution in [0.25, 0.3) is 0 Å². The van der Waals surface area contributed by atoms with Gasteiger partial charge in [0, 0.05) is 11.8 Å². The molecule has 0 aromatic carbocycles. The Morgan fingerprint density at radius 1 is 1.33 bits per heavy atom. The van der Waals surface area contributed by atoms with Gasteiger partial charge in [-0.15, -0.1) is 0 Å². The summed E-state index contributed by atoms with van der Waals surface area (Å²) in [5.74, 6) is 0.454. The van der Waals surface area contributed by atoms with Crippen LogP contribution in [-0.2, 0) is 0 Å². The van der Waals surface area contributed by atoms with Crippen LogP contribution >= 0.6 is 0 Å². The van der Waals surface area contributed by atoms with Crippen LogP contribution in [0, 0.1) is 5.92 Å². The largest absolute Gasteiger partial charge is 0.404 e. The van der Waals surface area contributed by atoms with E-state index in [4.69, 9.17) is 10.7 Å². The fraction of sp³-hybridized carbons (Fsp3) is 0.769. The van der Waals surface area contributed by atoms with E-state index in [1.165, 1.54) is 12.8 Å². The minimum atomic E-state index is 0.454. The molecule has 0 bridgehead atoms. The van der Waals surface area contributed by atoms with E-state index in [1.807, 2.05) is 6.92 Å². The predicted molar refractivity (Wildman–Crippen MR) is 69.2 cm³/mol. The fourth-order valence-electron chi connectivity index (χ4n) is 1.68. The van der Waals surface area contributed by atoms with Crippen molar-refractivity contribution in [3.63, 3.8) is 0 Å². The first-order valence-electron chi connectivity index (χ1n) is 6.03. The van der Waals surface area contributed by atoms with Crippen molar-refractivity contribution in [2.45, 2.75) is 59.9 Å². The maximum Gasteiger partial charge on any atom is 0.0500 e. The average molecular weight is 210 g/mol. The molecule has 0 amide bonds. The standard InChI is InChI=1S/C13H26N2/c1-6-8-12(7-2)15-13(10(3)4)11(5)9-14/h9-10,12H,6-8,14H2,1-5H3/b11-9-,15-13?. The Hall–Kier alpha value is -0.790. The topological polar surface area (TPSA) is 38.4 Å². The monoisotopic (exact) mass is 210 g/mol. The quantitative estimate of drug-likeness (QED) is 0.669. The smallest absolute Gasteiger partial charge is 0.0500 e. The Morgan fingerprint density at radius 2 is 1.93 bits per heavy atom. The highest BCUT2D eigenvalue weighted by Gasteiger charge is 2.10. The Morgan fingerprint density at radius 3 is 2.27 bits per heavy atom. The van der Waals surface area contributed by atoms with Gasteiger partial charge < -0.3 is 5.73 Å². The Bertz CT molecular complexity index is 227. The molecular weight excluding hydrogens is 184 g/mol. The summed E-state index contributed by atoms with van der Waals surface area (Å²) >= 11 is 0. The number of aliphatic imine (C=N–C) groups is 1. The molecule has 0 fully saturated rings. The normalized spacial score (nSPS) is 15.9. The van der Waals surface area contributed by atoms with Crippen LogP contribution in [0.1, 0.15) is 53.9 Å². The number of nitrogens with zero attached hydrogens (tertiary/aromatic N) is 1. The molecule has 0 aliphatic rings. The van der Waals surface area contributed by atoms with E-state index in [1.54, 1.807) is 6.20 Å². The van der Waals surface area contributed by atoms with Crippen LogP contribution in [0.5, 0.6) is 0 Å². The lowest BCUT2D eigenvalue weighted by Gasteiger charge is -2.15. The molecule has 0 saturated carbocycles. The number of nitrogens with two attached hydrogens (primary N) is 1. The summed E-state index contributed by atoms with van der Waals surface area (Å²) in [5, 5.41) is 0. The van der Waals surface area contributed by atoms with Gasteiger partial charge in [0.25, 0.3) is 0 Å². The van der Waals surface area contributed by atoms with E-state index in [9.17, 15) is 0 Å². The van der Waals surface area contributed by atoms with Crippen LogP contribution in [0.4, 0.5) is 0 Å². The molecule has 0 aliphatic carbocycles. The maximum atomic E-state index is 5.56. The summed E-state index contributed by atoms with van der Waals surface area (Å²) in [5.41, 5.74) is 7.83. The Kier molecular flexibility index (Phi) is 7.10. The first kappa shape index (κ1) is 14.2. The average Bonchev–Trinajstić information content (AvgIpc) is 2.22. The second-order valence-electron chi connectivity index (χ2n) is 4.37. The zero-order valence-electron chi connectivity index (χ0n) is 10.9. The minimum absolute atomic E-state index is 0.454. The van der Waals surface area contributed by atoms with Gasteiger partial charge >= 0.3 is 0 Å². The van der Waals surface area contributed by atoms with Crippen molar-refractivity contribution in [3.05, 3.63) is 11.8 Å². The zero-order chi connectivity index (χ0) is 11.8. The molecule has 0 aliphatic heterocycles. The molecule has 2 N–H and O–H groups in total. The van der Waals surface area contributed by atoms with E-state index in [0.717, 1.165) is 17.7 Å². The van der Waals surface area contributed by atoms with Gasteiger partial charge in [-0.25, -0.2) is 0 Å². The molecule has 2 heteroatoms. The minimum Gasteiger partial charge on any atom is -0.404 e. The summed E-state index contributed by atoms with van der Waals surface area (Å²) in [6.07, 6.45) is 5.14. The number of hydrogen-bond donors (Lipinski definition) is 1. The van der Waals surface area contributed by atoms with Crippen molar-refractivity contribution in [1.29, 1.82) is 0 Å². The van der Waals surface area contributed by atoms with Crippen LogP contribution in [0.3, 0.4) is 0 Å². The van der Waals surface area contributed by atoms with Crippen molar-refractivity contribution in [2.24, 2.45) is 16.6 Å². The summed E-state index contributed by atoms with van der Waals surface area (Å²) in [4.78, 5) is 4.82. The van der Waals surface area contributed by atoms with Crippen molar-refractivity contribution in [1.82, 2.24) is 0 Å². The third kappa shape index (κ3) is 5.01. The molecule has 0 aromatic heterocycles. The molecule has 0 spiro atoms. The van der Waals surface area contributed by atoms with E-state index in [-0.39, 0.29) is 0 Å². The highest BCUT2D eigenvalue weighted by molar-refractivity contribution is 6.00. The molecule has 0 aromatic rings. The summed E-state index contributed by atoms with van der Waals surface area (Å²) in [6, 6.07) is 0.460. The number of allylic oxidation sites excluding steroid dienone is 1. The third-order valence-corrected chi connectivity index (χ3v) is 2.62. The van der Waals surface area contributed by atoms with E-state index in [2.05, 4.69) is 27.7 Å². The maximum absolute atomic E-state index is 5.56. The lowest BCUT2D eigenvalue weighted by atomic mass is 10.0. The van der Waals surface area contributed by atoms with Crippen LogP contribution in [0.15, 0.2) is 16.8 Å². The van der Waals surface area contributed by atoms with Gasteiger partial charge in [-0.1, -0.05) is 34.1 Å². The second-order valence-corrected chi connectivity index (χ2v) is 4.37. The summed E-state index contributed by atoms with van der Waals surface area (Å²) < 4.78 is 0. The lowest BCUT2D eigenvalue weighted by Crippen LogP contribution is -2.15. The number of hydrogen-bond acceptors (Lipinski definition) is 2.